The monoisotopic (exact) mass is 273 g/mol. The zero-order valence-electron chi connectivity index (χ0n) is 10.5. The molecule has 2 rings (SSSR count). The van der Waals surface area contributed by atoms with E-state index in [1.807, 2.05) is 6.08 Å². The lowest BCUT2D eigenvalue weighted by Crippen LogP contribution is -2.19. The Morgan fingerprint density at radius 1 is 1.26 bits per heavy atom. The predicted molar refractivity (Wildman–Crippen MR) is 65.1 cm³/mol. The molecule has 1 atom stereocenters. The largest absolute Gasteiger partial charge is 0.419 e. The van der Waals surface area contributed by atoms with Gasteiger partial charge in [0.05, 0.1) is 11.6 Å². The minimum absolute atomic E-state index is 0.274. The third-order valence-electron chi connectivity index (χ3n) is 3.36. The molecule has 19 heavy (non-hydrogen) atoms. The number of rotatable bonds is 3. The Balaban J connectivity index is 2.39. The lowest BCUT2D eigenvalue weighted by atomic mass is 9.96. The van der Waals surface area contributed by atoms with Crippen LogP contribution < -0.4 is 5.32 Å². The third-order valence-corrected chi connectivity index (χ3v) is 3.36. The van der Waals surface area contributed by atoms with Gasteiger partial charge in [0.25, 0.3) is 0 Å². The molecule has 5 heteroatoms. The van der Waals surface area contributed by atoms with Crippen LogP contribution in [0.5, 0.6) is 0 Å². The summed E-state index contributed by atoms with van der Waals surface area (Å²) in [5.74, 6) is -1.23. The van der Waals surface area contributed by atoms with Crippen molar-refractivity contribution < 1.29 is 17.6 Å². The van der Waals surface area contributed by atoms with Crippen molar-refractivity contribution in [3.05, 3.63) is 46.8 Å². The van der Waals surface area contributed by atoms with E-state index in [2.05, 4.69) is 5.32 Å². The Hall–Kier alpha value is -1.36. The van der Waals surface area contributed by atoms with Crippen LogP contribution in [-0.4, -0.2) is 7.05 Å². The number of allylic oxidation sites excluding steroid dienone is 1. The molecule has 1 N–H and O–H groups in total. The highest BCUT2D eigenvalue weighted by Crippen LogP contribution is 2.36. The van der Waals surface area contributed by atoms with E-state index >= 15 is 0 Å². The molecule has 0 aromatic heterocycles. The van der Waals surface area contributed by atoms with Crippen LogP contribution in [0.1, 0.15) is 36.4 Å². The van der Waals surface area contributed by atoms with Gasteiger partial charge in [0.1, 0.15) is 5.82 Å². The van der Waals surface area contributed by atoms with Crippen LogP contribution in [0.4, 0.5) is 17.6 Å². The summed E-state index contributed by atoms with van der Waals surface area (Å²) in [5.41, 5.74) is 0.315. The van der Waals surface area contributed by atoms with Crippen molar-refractivity contribution in [1.82, 2.24) is 5.32 Å². The Morgan fingerprint density at radius 2 is 2.00 bits per heavy atom. The molecule has 1 aromatic rings. The van der Waals surface area contributed by atoms with Crippen molar-refractivity contribution in [2.75, 3.05) is 7.05 Å². The van der Waals surface area contributed by atoms with E-state index in [0.29, 0.717) is 5.56 Å². The average Bonchev–Trinajstić information content (AvgIpc) is 2.84. The predicted octanol–water partition coefficient (Wildman–Crippen LogP) is 4.22. The van der Waals surface area contributed by atoms with Gasteiger partial charge in [-0.05, 0) is 44.0 Å². The molecular formula is C14H15F4N. The second kappa shape index (κ2) is 5.33. The van der Waals surface area contributed by atoms with Crippen LogP contribution in [0.15, 0.2) is 29.8 Å². The minimum Gasteiger partial charge on any atom is -0.310 e. The number of nitrogens with one attached hydrogen (secondary N) is 1. The molecule has 0 spiro atoms. The van der Waals surface area contributed by atoms with E-state index in [1.54, 1.807) is 7.05 Å². The Labute approximate surface area is 109 Å². The van der Waals surface area contributed by atoms with Gasteiger partial charge in [-0.3, -0.25) is 0 Å². The van der Waals surface area contributed by atoms with E-state index < -0.39 is 17.6 Å². The van der Waals surface area contributed by atoms with Crippen molar-refractivity contribution in [2.45, 2.75) is 31.5 Å². The van der Waals surface area contributed by atoms with Gasteiger partial charge >= 0.3 is 6.18 Å². The molecule has 0 saturated carbocycles. The number of hydrogen-bond acceptors (Lipinski definition) is 1. The SMILES string of the molecule is CNC(C1=CCCC1)c1ccc(F)c(C(F)(F)F)c1. The number of benzene rings is 1. The van der Waals surface area contributed by atoms with Crippen molar-refractivity contribution in [2.24, 2.45) is 0 Å². The Morgan fingerprint density at radius 3 is 2.53 bits per heavy atom. The summed E-state index contributed by atoms with van der Waals surface area (Å²) in [5, 5.41) is 3.00. The van der Waals surface area contributed by atoms with Gasteiger partial charge in [0.15, 0.2) is 0 Å². The van der Waals surface area contributed by atoms with Gasteiger partial charge in [0, 0.05) is 0 Å². The highest BCUT2D eigenvalue weighted by molar-refractivity contribution is 5.34. The van der Waals surface area contributed by atoms with E-state index in [-0.39, 0.29) is 6.04 Å². The smallest absolute Gasteiger partial charge is 0.310 e. The average molecular weight is 273 g/mol. The zero-order valence-corrected chi connectivity index (χ0v) is 10.5. The number of likely N-dealkylation sites (N-methyl/N-ethyl adjacent to an activating group) is 1. The molecule has 1 aliphatic rings. The van der Waals surface area contributed by atoms with Crippen LogP contribution in [0, 0.1) is 5.82 Å². The Kier molecular flexibility index (Phi) is 3.94. The van der Waals surface area contributed by atoms with Gasteiger partial charge < -0.3 is 5.32 Å². The molecule has 0 bridgehead atoms. The first-order chi connectivity index (χ1) is 8.93. The maximum Gasteiger partial charge on any atom is 0.419 e. The van der Waals surface area contributed by atoms with E-state index in [4.69, 9.17) is 0 Å². The lowest BCUT2D eigenvalue weighted by molar-refractivity contribution is -0.140. The van der Waals surface area contributed by atoms with Gasteiger partial charge in [-0.1, -0.05) is 17.7 Å². The second-order valence-electron chi connectivity index (χ2n) is 4.63. The van der Waals surface area contributed by atoms with Crippen molar-refractivity contribution in [3.8, 4) is 0 Å². The lowest BCUT2D eigenvalue weighted by Gasteiger charge is -2.20. The fraction of sp³-hybridized carbons (Fsp3) is 0.429. The zero-order chi connectivity index (χ0) is 14.0. The molecule has 1 unspecified atom stereocenters. The highest BCUT2D eigenvalue weighted by Gasteiger charge is 2.35. The quantitative estimate of drug-likeness (QED) is 0.642. The van der Waals surface area contributed by atoms with Crippen molar-refractivity contribution in [1.29, 1.82) is 0 Å². The maximum atomic E-state index is 13.3. The number of alkyl halides is 3. The molecular weight excluding hydrogens is 258 g/mol. The first-order valence-corrected chi connectivity index (χ1v) is 6.16. The molecule has 0 amide bonds. The number of halogens is 4. The standard InChI is InChI=1S/C14H15F4N/c1-19-13(9-4-2-3-5-9)10-6-7-12(15)11(8-10)14(16,17)18/h4,6-8,13,19H,2-3,5H2,1H3. The minimum atomic E-state index is -4.66. The first-order valence-electron chi connectivity index (χ1n) is 6.16. The molecule has 0 radical (unpaired) electrons. The first kappa shape index (κ1) is 14.1. The molecule has 0 saturated heterocycles. The third kappa shape index (κ3) is 2.97. The fourth-order valence-electron chi connectivity index (χ4n) is 2.46. The maximum absolute atomic E-state index is 13.3. The normalized spacial score (nSPS) is 17.4. The summed E-state index contributed by atoms with van der Waals surface area (Å²) >= 11 is 0. The Bertz CT molecular complexity index is 491. The molecule has 1 aliphatic carbocycles. The molecule has 0 aliphatic heterocycles. The summed E-state index contributed by atoms with van der Waals surface area (Å²) < 4.78 is 51.3. The van der Waals surface area contributed by atoms with Crippen molar-refractivity contribution >= 4 is 0 Å². The van der Waals surface area contributed by atoms with E-state index in [1.165, 1.54) is 6.07 Å². The van der Waals surface area contributed by atoms with Crippen LogP contribution in [-0.2, 0) is 6.18 Å². The molecule has 1 nitrogen and oxygen atoms in total. The highest BCUT2D eigenvalue weighted by atomic mass is 19.4. The summed E-state index contributed by atoms with van der Waals surface area (Å²) in [6, 6.07) is 2.92. The van der Waals surface area contributed by atoms with E-state index in [0.717, 1.165) is 37.0 Å². The van der Waals surface area contributed by atoms with Crippen molar-refractivity contribution in [3.63, 3.8) is 0 Å². The van der Waals surface area contributed by atoms with Crippen LogP contribution >= 0.6 is 0 Å². The second-order valence-corrected chi connectivity index (χ2v) is 4.63. The molecule has 104 valence electrons. The summed E-state index contributed by atoms with van der Waals surface area (Å²) in [6.45, 7) is 0. The molecule has 0 heterocycles. The molecule has 0 fully saturated rings. The molecule has 1 aromatic carbocycles. The van der Waals surface area contributed by atoms with Crippen LogP contribution in [0.3, 0.4) is 0 Å². The van der Waals surface area contributed by atoms with E-state index in [9.17, 15) is 17.6 Å². The summed E-state index contributed by atoms with van der Waals surface area (Å²) in [7, 11) is 1.69. The van der Waals surface area contributed by atoms with Gasteiger partial charge in [-0.2, -0.15) is 13.2 Å². The van der Waals surface area contributed by atoms with Crippen LogP contribution in [0.2, 0.25) is 0 Å². The fourth-order valence-corrected chi connectivity index (χ4v) is 2.46. The van der Waals surface area contributed by atoms with Gasteiger partial charge in [-0.15, -0.1) is 0 Å². The topological polar surface area (TPSA) is 12.0 Å². The van der Waals surface area contributed by atoms with Gasteiger partial charge in [0.2, 0.25) is 0 Å². The summed E-state index contributed by atoms with van der Waals surface area (Å²) in [6.07, 6.45) is 0.201. The number of hydrogen-bond donors (Lipinski definition) is 1. The summed E-state index contributed by atoms with van der Waals surface area (Å²) in [4.78, 5) is 0. The van der Waals surface area contributed by atoms with Crippen LogP contribution in [0.25, 0.3) is 0 Å². The van der Waals surface area contributed by atoms with Gasteiger partial charge in [-0.25, -0.2) is 4.39 Å².